The van der Waals surface area contributed by atoms with Crippen LogP contribution >= 0.6 is 11.6 Å². The van der Waals surface area contributed by atoms with Crippen LogP contribution in [0.25, 0.3) is 15.6 Å². The van der Waals surface area contributed by atoms with Gasteiger partial charge in [-0.2, -0.15) is 0 Å². The third-order valence-corrected chi connectivity index (χ3v) is 4.37. The van der Waals surface area contributed by atoms with Crippen molar-refractivity contribution in [3.63, 3.8) is 0 Å². The number of nitrogens with zero attached hydrogens (tertiary/aromatic N) is 3. The predicted molar refractivity (Wildman–Crippen MR) is 116 cm³/mol. The highest BCUT2D eigenvalue weighted by atomic mass is 35.5. The van der Waals surface area contributed by atoms with E-state index in [1.165, 1.54) is 0 Å². The number of nitrogens with one attached hydrogen (secondary N) is 1. The van der Waals surface area contributed by atoms with E-state index in [1.807, 2.05) is 38.1 Å². The van der Waals surface area contributed by atoms with E-state index < -0.39 is 5.54 Å². The fourth-order valence-electron chi connectivity index (χ4n) is 2.66. The number of benzene rings is 2. The van der Waals surface area contributed by atoms with Gasteiger partial charge in [0.1, 0.15) is 11.4 Å². The van der Waals surface area contributed by atoms with E-state index in [-0.39, 0.29) is 0 Å². The van der Waals surface area contributed by atoms with Gasteiger partial charge in [0.2, 0.25) is 0 Å². The summed E-state index contributed by atoms with van der Waals surface area (Å²) in [5.74, 6) is 7.16. The first-order chi connectivity index (χ1) is 13.8. The van der Waals surface area contributed by atoms with Crippen molar-refractivity contribution in [2.24, 2.45) is 5.73 Å². The van der Waals surface area contributed by atoms with Gasteiger partial charge in [-0.1, -0.05) is 35.7 Å². The molecule has 0 bridgehead atoms. The molecular formula is C22H20ClN5O. The maximum Gasteiger partial charge on any atom is 0.188 e. The van der Waals surface area contributed by atoms with Crippen LogP contribution in [-0.4, -0.2) is 22.8 Å². The zero-order valence-corrected chi connectivity index (χ0v) is 17.1. The number of nitrogens with two attached hydrogens (primary N) is 1. The van der Waals surface area contributed by atoms with E-state index in [4.69, 9.17) is 28.6 Å². The average Bonchev–Trinajstić information content (AvgIpc) is 2.70. The number of ether oxygens (including phenoxy) is 1. The summed E-state index contributed by atoms with van der Waals surface area (Å²) in [5, 5.41) is 13.9. The Labute approximate surface area is 174 Å². The van der Waals surface area contributed by atoms with Crippen molar-refractivity contribution < 1.29 is 4.74 Å². The Morgan fingerprint density at radius 1 is 1.21 bits per heavy atom. The van der Waals surface area contributed by atoms with Crippen molar-refractivity contribution in [2.45, 2.75) is 25.9 Å². The van der Waals surface area contributed by atoms with Gasteiger partial charge in [0, 0.05) is 17.3 Å². The molecule has 1 aromatic heterocycles. The Hall–Kier alpha value is -3.32. The summed E-state index contributed by atoms with van der Waals surface area (Å²) in [6.45, 7) is 11.4. The van der Waals surface area contributed by atoms with E-state index >= 15 is 0 Å². The molecule has 6 nitrogen and oxygen atoms in total. The molecule has 1 heterocycles. The van der Waals surface area contributed by atoms with Crippen molar-refractivity contribution >= 4 is 33.9 Å². The Balaban J connectivity index is 1.98. The number of anilines is 1. The molecule has 146 valence electrons. The van der Waals surface area contributed by atoms with Crippen molar-refractivity contribution in [1.82, 2.24) is 10.2 Å². The minimum absolute atomic E-state index is 0.483. The van der Waals surface area contributed by atoms with Crippen LogP contribution in [0.2, 0.25) is 5.02 Å². The second-order valence-corrected chi connectivity index (χ2v) is 7.44. The molecule has 0 saturated carbocycles. The molecule has 0 aliphatic rings. The maximum absolute atomic E-state index is 7.30. The van der Waals surface area contributed by atoms with Crippen LogP contribution in [0.1, 0.15) is 25.1 Å². The van der Waals surface area contributed by atoms with Crippen molar-refractivity contribution in [2.75, 3.05) is 12.4 Å². The minimum atomic E-state index is -0.644. The van der Waals surface area contributed by atoms with Crippen LogP contribution in [0.4, 0.5) is 11.5 Å². The number of hydrogen-bond acceptors (Lipinski definition) is 5. The van der Waals surface area contributed by atoms with E-state index in [0.29, 0.717) is 34.5 Å². The van der Waals surface area contributed by atoms with E-state index in [1.54, 1.807) is 19.2 Å². The molecule has 0 unspecified atom stereocenters. The zero-order chi connectivity index (χ0) is 21.0. The molecule has 7 heteroatoms. The highest BCUT2D eigenvalue weighted by Crippen LogP contribution is 2.29. The van der Waals surface area contributed by atoms with E-state index in [9.17, 15) is 0 Å². The summed E-state index contributed by atoms with van der Waals surface area (Å²) >= 11 is 6.20. The SMILES string of the molecule is [C-]#[N+]c1ccc2c(C#CC(C)(C)N)nnc(NCc3ccc(OC)c(Cl)c3)c2c1. The van der Waals surface area contributed by atoms with Crippen LogP contribution in [0.3, 0.4) is 0 Å². The molecule has 0 fully saturated rings. The summed E-state index contributed by atoms with van der Waals surface area (Å²) < 4.78 is 5.18. The lowest BCUT2D eigenvalue weighted by Crippen LogP contribution is -2.29. The molecule has 0 aliphatic heterocycles. The first-order valence-electron chi connectivity index (χ1n) is 8.87. The largest absolute Gasteiger partial charge is 0.495 e. The quantitative estimate of drug-likeness (QED) is 0.492. The number of hydrogen-bond donors (Lipinski definition) is 2. The lowest BCUT2D eigenvalue weighted by atomic mass is 10.1. The fourth-order valence-corrected chi connectivity index (χ4v) is 2.94. The minimum Gasteiger partial charge on any atom is -0.495 e. The summed E-state index contributed by atoms with van der Waals surface area (Å²) in [6.07, 6.45) is 0. The molecule has 0 amide bonds. The monoisotopic (exact) mass is 405 g/mol. The summed E-state index contributed by atoms with van der Waals surface area (Å²) in [4.78, 5) is 3.51. The van der Waals surface area contributed by atoms with Crippen LogP contribution < -0.4 is 15.8 Å². The summed E-state index contributed by atoms with van der Waals surface area (Å²) in [5.41, 5.74) is 7.30. The highest BCUT2D eigenvalue weighted by Gasteiger charge is 2.11. The molecule has 29 heavy (non-hydrogen) atoms. The number of rotatable bonds is 4. The molecule has 0 saturated heterocycles. The molecule has 0 atom stereocenters. The molecule has 0 aliphatic carbocycles. The van der Waals surface area contributed by atoms with Crippen LogP contribution in [0.5, 0.6) is 5.75 Å². The Bertz CT molecular complexity index is 1170. The molecule has 0 radical (unpaired) electrons. The third kappa shape index (κ3) is 4.94. The first kappa shape index (κ1) is 20.4. The normalized spacial score (nSPS) is 10.8. The van der Waals surface area contributed by atoms with Gasteiger partial charge in [0.25, 0.3) is 0 Å². The number of aromatic nitrogens is 2. The molecule has 0 spiro atoms. The Morgan fingerprint density at radius 2 is 2.00 bits per heavy atom. The zero-order valence-electron chi connectivity index (χ0n) is 16.4. The first-order valence-corrected chi connectivity index (χ1v) is 9.25. The molecule has 2 aromatic carbocycles. The van der Waals surface area contributed by atoms with Crippen molar-refractivity contribution in [1.29, 1.82) is 0 Å². The fraction of sp³-hybridized carbons (Fsp3) is 0.227. The van der Waals surface area contributed by atoms with E-state index in [2.05, 4.69) is 32.2 Å². The van der Waals surface area contributed by atoms with Gasteiger partial charge < -0.3 is 15.8 Å². The molecular weight excluding hydrogens is 386 g/mol. The van der Waals surface area contributed by atoms with Gasteiger partial charge >= 0.3 is 0 Å². The summed E-state index contributed by atoms with van der Waals surface area (Å²) in [7, 11) is 1.58. The molecule has 3 aromatic rings. The predicted octanol–water partition coefficient (Wildman–Crippen LogP) is 4.54. The average molecular weight is 406 g/mol. The lowest BCUT2D eigenvalue weighted by molar-refractivity contribution is 0.415. The van der Waals surface area contributed by atoms with Gasteiger partial charge in [-0.15, -0.1) is 10.2 Å². The number of fused-ring (bicyclic) bond motifs is 1. The molecule has 3 N–H and O–H groups in total. The number of methoxy groups -OCH3 is 1. The second kappa shape index (κ2) is 8.36. The molecule has 3 rings (SSSR count). The standard InChI is InChI=1S/C22H20ClN5O/c1-22(2,24)10-9-19-16-7-6-15(25-3)12-17(16)21(28-27-19)26-13-14-5-8-20(29-4)18(23)11-14/h5-8,11-12H,13,24H2,1-2,4H3,(H,26,28). The Morgan fingerprint density at radius 3 is 2.66 bits per heavy atom. The number of halogens is 1. The highest BCUT2D eigenvalue weighted by molar-refractivity contribution is 6.32. The van der Waals surface area contributed by atoms with Gasteiger partial charge in [-0.3, -0.25) is 0 Å². The van der Waals surface area contributed by atoms with Crippen molar-refractivity contribution in [3.05, 3.63) is 64.1 Å². The van der Waals surface area contributed by atoms with Crippen LogP contribution in [0, 0.1) is 18.4 Å². The second-order valence-electron chi connectivity index (χ2n) is 7.03. The van der Waals surface area contributed by atoms with Crippen LogP contribution in [0.15, 0.2) is 36.4 Å². The van der Waals surface area contributed by atoms with Gasteiger partial charge in [-0.25, -0.2) is 4.85 Å². The third-order valence-electron chi connectivity index (χ3n) is 4.07. The smallest absolute Gasteiger partial charge is 0.188 e. The van der Waals surface area contributed by atoms with Crippen LogP contribution in [-0.2, 0) is 6.54 Å². The summed E-state index contributed by atoms with van der Waals surface area (Å²) in [6, 6.07) is 10.9. The van der Waals surface area contributed by atoms with Gasteiger partial charge in [0.15, 0.2) is 11.5 Å². The maximum atomic E-state index is 7.30. The van der Waals surface area contributed by atoms with Crippen molar-refractivity contribution in [3.8, 4) is 17.6 Å². The topological polar surface area (TPSA) is 77.4 Å². The van der Waals surface area contributed by atoms with Gasteiger partial charge in [-0.05, 0) is 43.5 Å². The lowest BCUT2D eigenvalue weighted by Gasteiger charge is -2.11. The van der Waals surface area contributed by atoms with Gasteiger partial charge in [0.05, 0.1) is 24.2 Å². The van der Waals surface area contributed by atoms with E-state index in [0.717, 1.165) is 16.3 Å². The Kier molecular flexibility index (Phi) is 5.89.